The summed E-state index contributed by atoms with van der Waals surface area (Å²) in [4.78, 5) is 18.9. The van der Waals surface area contributed by atoms with E-state index in [4.69, 9.17) is 4.74 Å². The Morgan fingerprint density at radius 2 is 1.84 bits per heavy atom. The van der Waals surface area contributed by atoms with E-state index in [9.17, 15) is 18.3 Å². The highest BCUT2D eigenvalue weighted by Crippen LogP contribution is 2.34. The quantitative estimate of drug-likeness (QED) is 0.586. The first-order valence-electron chi connectivity index (χ1n) is 13.3. The molecule has 4 rings (SSSR count). The normalized spacial score (nSPS) is 22.5. The van der Waals surface area contributed by atoms with Crippen LogP contribution in [0.4, 0.5) is 0 Å². The number of rotatable bonds is 5. The molecule has 1 N–H and O–H groups in total. The molecule has 2 heterocycles. The summed E-state index contributed by atoms with van der Waals surface area (Å²) >= 11 is 0. The number of fused-ring (bicyclic) bond motifs is 1. The summed E-state index contributed by atoms with van der Waals surface area (Å²) < 4.78 is 35.1. The van der Waals surface area contributed by atoms with E-state index in [1.54, 1.807) is 55.5 Å². The Morgan fingerprint density at radius 1 is 1.16 bits per heavy atom. The fourth-order valence-corrected chi connectivity index (χ4v) is 6.95. The van der Waals surface area contributed by atoms with Gasteiger partial charge in [0.15, 0.2) is 0 Å². The second kappa shape index (κ2) is 12.3. The molecule has 1 aliphatic carbocycles. The molecule has 1 aromatic heterocycles. The van der Waals surface area contributed by atoms with Crippen LogP contribution in [0.2, 0.25) is 0 Å². The summed E-state index contributed by atoms with van der Waals surface area (Å²) in [6.45, 7) is 3.82. The maximum atomic E-state index is 13.7. The molecular weight excluding hydrogens is 502 g/mol. The highest BCUT2D eigenvalue weighted by Gasteiger charge is 2.38. The van der Waals surface area contributed by atoms with Crippen molar-refractivity contribution in [2.75, 3.05) is 26.7 Å². The highest BCUT2D eigenvalue weighted by atomic mass is 32.2. The average Bonchev–Trinajstić information content (AvgIpc) is 2.93. The summed E-state index contributed by atoms with van der Waals surface area (Å²) in [6, 6.07) is 7.81. The molecule has 8 nitrogen and oxygen atoms in total. The molecule has 204 valence electrons. The minimum Gasteiger partial charge on any atom is -0.487 e. The molecule has 0 unspecified atom stereocenters. The fourth-order valence-electron chi connectivity index (χ4n) is 5.12. The van der Waals surface area contributed by atoms with Gasteiger partial charge in [-0.2, -0.15) is 4.31 Å². The largest absolute Gasteiger partial charge is 0.487 e. The molecule has 0 radical (unpaired) electrons. The maximum Gasteiger partial charge on any atom is 0.247 e. The lowest BCUT2D eigenvalue weighted by atomic mass is 9.88. The number of hydrogen-bond donors (Lipinski definition) is 1. The minimum atomic E-state index is -3.94. The van der Waals surface area contributed by atoms with Crippen molar-refractivity contribution >= 4 is 15.9 Å². The van der Waals surface area contributed by atoms with Gasteiger partial charge in [0.25, 0.3) is 0 Å². The summed E-state index contributed by atoms with van der Waals surface area (Å²) in [7, 11) is -2.15. The van der Waals surface area contributed by atoms with Gasteiger partial charge in [0.1, 0.15) is 16.7 Å². The Bertz CT molecular complexity index is 1280. The van der Waals surface area contributed by atoms with Crippen LogP contribution in [0, 0.1) is 23.7 Å². The second-order valence-electron chi connectivity index (χ2n) is 10.4. The number of hydrogen-bond acceptors (Lipinski definition) is 6. The van der Waals surface area contributed by atoms with Crippen LogP contribution in [0.5, 0.6) is 5.75 Å². The maximum absolute atomic E-state index is 13.7. The van der Waals surface area contributed by atoms with E-state index in [0.717, 1.165) is 31.2 Å². The molecule has 0 bridgehead atoms. The number of nitrogens with zero attached hydrogens (tertiary/aromatic N) is 3. The summed E-state index contributed by atoms with van der Waals surface area (Å²) in [6.07, 6.45) is 8.01. The number of likely N-dealkylation sites (N-methyl/N-ethyl adjacent to an activating group) is 1. The van der Waals surface area contributed by atoms with Gasteiger partial charge in [-0.1, -0.05) is 38.0 Å². The van der Waals surface area contributed by atoms with Crippen LogP contribution < -0.4 is 4.74 Å². The van der Waals surface area contributed by atoms with Crippen molar-refractivity contribution in [3.63, 3.8) is 0 Å². The number of benzene rings is 1. The number of ether oxygens (including phenoxy) is 1. The Balaban J connectivity index is 1.68. The van der Waals surface area contributed by atoms with Crippen molar-refractivity contribution in [1.82, 2.24) is 14.2 Å². The molecule has 1 amide bonds. The molecule has 38 heavy (non-hydrogen) atoms. The third-order valence-electron chi connectivity index (χ3n) is 7.48. The predicted octanol–water partition coefficient (Wildman–Crippen LogP) is 3.29. The van der Waals surface area contributed by atoms with Crippen LogP contribution in [0.3, 0.4) is 0 Å². The molecule has 9 heteroatoms. The average molecular weight is 540 g/mol. The molecule has 1 saturated carbocycles. The van der Waals surface area contributed by atoms with E-state index in [2.05, 4.69) is 16.8 Å². The van der Waals surface area contributed by atoms with Crippen molar-refractivity contribution in [2.45, 2.75) is 63.0 Å². The molecule has 3 atom stereocenters. The van der Waals surface area contributed by atoms with Gasteiger partial charge in [0, 0.05) is 55.0 Å². The number of carbonyl (C=O) groups is 1. The lowest BCUT2D eigenvalue weighted by Gasteiger charge is -2.38. The van der Waals surface area contributed by atoms with Gasteiger partial charge in [-0.3, -0.25) is 9.78 Å². The van der Waals surface area contributed by atoms with Gasteiger partial charge < -0.3 is 14.7 Å². The van der Waals surface area contributed by atoms with Crippen molar-refractivity contribution < 1.29 is 23.1 Å². The Hall–Kier alpha value is -2.93. The number of pyridine rings is 1. The monoisotopic (exact) mass is 539 g/mol. The Kier molecular flexibility index (Phi) is 9.08. The lowest BCUT2D eigenvalue weighted by molar-refractivity contribution is -0.136. The van der Waals surface area contributed by atoms with Crippen molar-refractivity contribution in [3.8, 4) is 17.6 Å². The highest BCUT2D eigenvalue weighted by molar-refractivity contribution is 7.89. The topological polar surface area (TPSA) is 100 Å². The minimum absolute atomic E-state index is 0.0328. The molecule has 2 aromatic rings. The van der Waals surface area contributed by atoms with E-state index in [1.807, 2.05) is 6.92 Å². The molecule has 0 saturated heterocycles. The first-order chi connectivity index (χ1) is 18.2. The van der Waals surface area contributed by atoms with E-state index >= 15 is 0 Å². The third kappa shape index (κ3) is 6.37. The molecule has 2 aliphatic rings. The molecule has 1 fully saturated rings. The number of carbonyl (C=O) groups excluding carboxylic acids is 1. The predicted molar refractivity (Wildman–Crippen MR) is 145 cm³/mol. The van der Waals surface area contributed by atoms with Gasteiger partial charge in [-0.05, 0) is 50.1 Å². The van der Waals surface area contributed by atoms with E-state index in [-0.39, 0.29) is 41.5 Å². The zero-order valence-electron chi connectivity index (χ0n) is 22.3. The van der Waals surface area contributed by atoms with Gasteiger partial charge in [0.05, 0.1) is 13.2 Å². The Morgan fingerprint density at radius 3 is 2.53 bits per heavy atom. The van der Waals surface area contributed by atoms with Crippen molar-refractivity contribution in [3.05, 3.63) is 53.9 Å². The SMILES string of the molecule is C[C@@H]1CN([C@@H](C)CO)S(=O)(=O)c2ccc(C#Cc3ccncc3)cc2O[C@@H]1CN(C)C(=O)C1CCCCC1. The first-order valence-corrected chi connectivity index (χ1v) is 14.7. The van der Waals surface area contributed by atoms with Gasteiger partial charge in [0.2, 0.25) is 15.9 Å². The van der Waals surface area contributed by atoms with E-state index in [1.165, 1.54) is 16.8 Å². The first kappa shape index (κ1) is 28.1. The zero-order chi connectivity index (χ0) is 27.3. The standard InChI is InChI=1S/C29H37N3O5S/c1-21-18-32(22(2)20-33)38(35,36)28-12-11-24(10-9-23-13-15-30-16-14-23)17-26(28)37-27(21)19-31(3)29(34)25-7-5-4-6-8-25/h11-17,21-22,25,27,33H,4-8,18-20H2,1-3H3/t21-,22+,27-/m1/s1. The molecular formula is C29H37N3O5S. The van der Waals surface area contributed by atoms with E-state index in [0.29, 0.717) is 12.1 Å². The molecule has 1 aliphatic heterocycles. The molecule has 0 spiro atoms. The van der Waals surface area contributed by atoms with Crippen LogP contribution >= 0.6 is 0 Å². The van der Waals surface area contributed by atoms with Gasteiger partial charge >= 0.3 is 0 Å². The van der Waals surface area contributed by atoms with Crippen LogP contribution in [0.1, 0.15) is 57.1 Å². The van der Waals surface area contributed by atoms with Crippen LogP contribution in [0.15, 0.2) is 47.6 Å². The van der Waals surface area contributed by atoms with Crippen molar-refractivity contribution in [1.29, 1.82) is 0 Å². The molecule has 1 aromatic carbocycles. The number of amides is 1. The number of aromatic nitrogens is 1. The number of aliphatic hydroxyl groups is 1. The number of sulfonamides is 1. The zero-order valence-corrected chi connectivity index (χ0v) is 23.2. The van der Waals surface area contributed by atoms with Crippen LogP contribution in [-0.4, -0.2) is 72.5 Å². The van der Waals surface area contributed by atoms with Gasteiger partial charge in [-0.15, -0.1) is 0 Å². The summed E-state index contributed by atoms with van der Waals surface area (Å²) in [5.74, 6) is 6.26. The summed E-state index contributed by atoms with van der Waals surface area (Å²) in [5.41, 5.74) is 1.40. The van der Waals surface area contributed by atoms with Gasteiger partial charge in [-0.25, -0.2) is 8.42 Å². The lowest BCUT2D eigenvalue weighted by Crippen LogP contribution is -2.50. The smallest absolute Gasteiger partial charge is 0.247 e. The van der Waals surface area contributed by atoms with E-state index < -0.39 is 22.2 Å². The summed E-state index contributed by atoms with van der Waals surface area (Å²) in [5, 5.41) is 9.85. The fraction of sp³-hybridized carbons (Fsp3) is 0.517. The third-order valence-corrected chi connectivity index (χ3v) is 9.50. The second-order valence-corrected chi connectivity index (χ2v) is 12.3. The van der Waals surface area contributed by atoms with Crippen molar-refractivity contribution in [2.24, 2.45) is 11.8 Å². The Labute approximate surface area is 226 Å². The van der Waals surface area contributed by atoms with Crippen LogP contribution in [-0.2, 0) is 14.8 Å². The number of aliphatic hydroxyl groups excluding tert-OH is 1. The van der Waals surface area contributed by atoms with Crippen LogP contribution in [0.25, 0.3) is 0 Å².